The molecule has 2 aromatic carbocycles. The summed E-state index contributed by atoms with van der Waals surface area (Å²) in [7, 11) is 0. The van der Waals surface area contributed by atoms with E-state index in [1.54, 1.807) is 17.0 Å². The van der Waals surface area contributed by atoms with Gasteiger partial charge in [0.2, 0.25) is 11.8 Å². The molecule has 5 heterocycles. The summed E-state index contributed by atoms with van der Waals surface area (Å²) in [5.41, 5.74) is 1.16. The molecule has 5 amide bonds. The van der Waals surface area contributed by atoms with Gasteiger partial charge in [-0.3, -0.25) is 34.3 Å². The first-order valence-corrected chi connectivity index (χ1v) is 18.3. The van der Waals surface area contributed by atoms with Gasteiger partial charge >= 0.3 is 6.09 Å². The Hall–Kier alpha value is -4.36. The number of likely N-dealkylation sites (tertiary alicyclic amines) is 1. The molecule has 0 spiro atoms. The van der Waals surface area contributed by atoms with Crippen molar-refractivity contribution in [2.45, 2.75) is 69.8 Å². The molecular weight excluding hydrogens is 655 g/mol. The summed E-state index contributed by atoms with van der Waals surface area (Å²) in [6.45, 7) is 8.36. The summed E-state index contributed by atoms with van der Waals surface area (Å²) >= 11 is 0. The molecule has 1 unspecified atom stereocenters. The van der Waals surface area contributed by atoms with Gasteiger partial charge in [-0.05, 0) is 68.7 Å². The zero-order valence-electron chi connectivity index (χ0n) is 29.2. The highest BCUT2D eigenvalue weighted by Crippen LogP contribution is 2.34. The third-order valence-electron chi connectivity index (χ3n) is 11.4. The number of fused-ring (bicyclic) bond motifs is 1. The number of imide groups is 2. The van der Waals surface area contributed by atoms with Crippen LogP contribution in [0.3, 0.4) is 0 Å². The molecule has 2 aromatic rings. The van der Waals surface area contributed by atoms with Gasteiger partial charge < -0.3 is 19.4 Å². The zero-order valence-corrected chi connectivity index (χ0v) is 29.2. The first kappa shape index (κ1) is 35.1. The van der Waals surface area contributed by atoms with E-state index >= 15 is 4.39 Å². The Labute approximate surface area is 297 Å². The van der Waals surface area contributed by atoms with E-state index in [4.69, 9.17) is 4.74 Å². The predicted octanol–water partition coefficient (Wildman–Crippen LogP) is 3.45. The number of carbonyl (C=O) groups excluding carboxylic acids is 5. The molecule has 4 saturated heterocycles. The average molecular weight is 703 g/mol. The van der Waals surface area contributed by atoms with E-state index in [2.05, 4.69) is 26.9 Å². The molecule has 4 fully saturated rings. The van der Waals surface area contributed by atoms with Crippen molar-refractivity contribution in [1.29, 1.82) is 0 Å². The molecule has 7 rings (SSSR count). The maximum Gasteiger partial charge on any atom is 0.410 e. The van der Waals surface area contributed by atoms with Crippen LogP contribution in [0.1, 0.15) is 71.7 Å². The molecule has 51 heavy (non-hydrogen) atoms. The molecule has 0 aromatic heterocycles. The number of rotatable bonds is 8. The number of hydrogen-bond acceptors (Lipinski definition) is 9. The van der Waals surface area contributed by atoms with Crippen LogP contribution in [0.25, 0.3) is 0 Å². The van der Waals surface area contributed by atoms with Crippen LogP contribution in [0.5, 0.6) is 0 Å². The molecular formula is C38H47FN6O6. The van der Waals surface area contributed by atoms with E-state index < -0.39 is 35.3 Å². The average Bonchev–Trinajstić information content (AvgIpc) is 3.38. The fraction of sp³-hybridized carbons (Fsp3) is 0.553. The van der Waals surface area contributed by atoms with Crippen molar-refractivity contribution >= 4 is 35.4 Å². The van der Waals surface area contributed by atoms with Crippen molar-refractivity contribution in [2.24, 2.45) is 5.92 Å². The number of piperazine rings is 1. The molecule has 5 aliphatic rings. The smallest absolute Gasteiger partial charge is 0.410 e. The molecule has 272 valence electrons. The Bertz CT molecular complexity index is 1660. The van der Waals surface area contributed by atoms with Gasteiger partial charge in [0, 0.05) is 77.1 Å². The van der Waals surface area contributed by atoms with Crippen molar-refractivity contribution in [3.05, 3.63) is 65.2 Å². The molecule has 0 radical (unpaired) electrons. The Kier molecular flexibility index (Phi) is 10.1. The minimum absolute atomic E-state index is 0.0485. The second-order valence-corrected chi connectivity index (χ2v) is 14.9. The van der Waals surface area contributed by atoms with Gasteiger partial charge in [0.1, 0.15) is 18.3 Å². The van der Waals surface area contributed by atoms with Crippen LogP contribution in [0.2, 0.25) is 0 Å². The minimum atomic E-state index is -1.25. The summed E-state index contributed by atoms with van der Waals surface area (Å²) in [5.74, 6) is -1.51. The second kappa shape index (κ2) is 14.7. The van der Waals surface area contributed by atoms with Crippen LogP contribution < -0.4 is 10.2 Å². The number of benzene rings is 2. The first-order chi connectivity index (χ1) is 24.6. The summed E-state index contributed by atoms with van der Waals surface area (Å²) in [5, 5.41) is 2.23. The fourth-order valence-electron chi connectivity index (χ4n) is 8.26. The number of nitrogens with one attached hydrogen (secondary N) is 1. The van der Waals surface area contributed by atoms with Crippen molar-refractivity contribution in [2.75, 3.05) is 63.8 Å². The maximum absolute atomic E-state index is 16.1. The molecule has 2 atom stereocenters. The molecule has 0 saturated carbocycles. The van der Waals surface area contributed by atoms with Crippen LogP contribution in [0.15, 0.2) is 48.5 Å². The van der Waals surface area contributed by atoms with Crippen LogP contribution in [-0.4, -0.2) is 126 Å². The third-order valence-corrected chi connectivity index (χ3v) is 11.4. The van der Waals surface area contributed by atoms with Gasteiger partial charge in [-0.2, -0.15) is 0 Å². The number of ether oxygens (including phenoxy) is 1. The first-order valence-electron chi connectivity index (χ1n) is 18.3. The number of nitrogens with zero attached hydrogens (tertiary/aromatic N) is 5. The molecule has 12 nitrogen and oxygen atoms in total. The summed E-state index contributed by atoms with van der Waals surface area (Å²) in [6.07, 6.45) is 2.83. The van der Waals surface area contributed by atoms with Crippen molar-refractivity contribution < 1.29 is 33.1 Å². The molecule has 13 heteroatoms. The number of carbonyl (C=O) groups is 5. The normalized spacial score (nSPS) is 24.9. The van der Waals surface area contributed by atoms with Gasteiger partial charge in [-0.25, -0.2) is 9.18 Å². The van der Waals surface area contributed by atoms with E-state index in [9.17, 15) is 24.0 Å². The Morgan fingerprint density at radius 3 is 2.33 bits per heavy atom. The second-order valence-electron chi connectivity index (χ2n) is 14.9. The highest BCUT2D eigenvalue weighted by molar-refractivity contribution is 6.23. The van der Waals surface area contributed by atoms with E-state index in [0.717, 1.165) is 61.7 Å². The van der Waals surface area contributed by atoms with E-state index in [1.807, 2.05) is 36.4 Å². The summed E-state index contributed by atoms with van der Waals surface area (Å²) in [6, 6.07) is 14.0. The summed E-state index contributed by atoms with van der Waals surface area (Å²) < 4.78 is 21.7. The number of piperidine rings is 3. The lowest BCUT2D eigenvalue weighted by Crippen LogP contribution is -2.58. The van der Waals surface area contributed by atoms with E-state index in [-0.39, 0.29) is 37.1 Å². The van der Waals surface area contributed by atoms with Crippen molar-refractivity contribution in [1.82, 2.24) is 24.9 Å². The SMILES string of the molecule is C[C@H]1CN(C(=O)OCc2ccccc2)CCN1CC1(F)CCN(CC2CCN(c3ccc4c(c3)C(=O)N(C3CCC(=O)NC3=O)C4=O)CC2)CC1. The Morgan fingerprint density at radius 2 is 1.63 bits per heavy atom. The number of alkyl halides is 1. The van der Waals surface area contributed by atoms with Crippen molar-refractivity contribution in [3.63, 3.8) is 0 Å². The molecule has 5 aliphatic heterocycles. The Balaban J connectivity index is 0.841. The zero-order chi connectivity index (χ0) is 35.7. The van der Waals surface area contributed by atoms with Crippen molar-refractivity contribution in [3.8, 4) is 0 Å². The topological polar surface area (TPSA) is 123 Å². The van der Waals surface area contributed by atoms with Crippen LogP contribution in [0.4, 0.5) is 14.9 Å². The lowest BCUT2D eigenvalue weighted by molar-refractivity contribution is -0.136. The molecule has 0 aliphatic carbocycles. The lowest BCUT2D eigenvalue weighted by Gasteiger charge is -2.45. The number of anilines is 1. The minimum Gasteiger partial charge on any atom is -0.445 e. The summed E-state index contributed by atoms with van der Waals surface area (Å²) in [4.78, 5) is 72.5. The van der Waals surface area contributed by atoms with Gasteiger partial charge in [-0.1, -0.05) is 30.3 Å². The van der Waals surface area contributed by atoms with Crippen LogP contribution in [0, 0.1) is 5.92 Å². The number of hydrogen-bond donors (Lipinski definition) is 1. The quantitative estimate of drug-likeness (QED) is 0.413. The fourth-order valence-corrected chi connectivity index (χ4v) is 8.26. The highest BCUT2D eigenvalue weighted by atomic mass is 19.1. The molecule has 0 bridgehead atoms. The Morgan fingerprint density at radius 1 is 0.902 bits per heavy atom. The maximum atomic E-state index is 16.1. The highest BCUT2D eigenvalue weighted by Gasteiger charge is 2.45. The largest absolute Gasteiger partial charge is 0.445 e. The van der Waals surface area contributed by atoms with Crippen LogP contribution >= 0.6 is 0 Å². The monoisotopic (exact) mass is 702 g/mol. The van der Waals surface area contributed by atoms with Crippen LogP contribution in [-0.2, 0) is 20.9 Å². The standard InChI is InChI=1S/C38H47FN6O6/c1-26-22-43(37(50)51-24-28-5-3-2-4-6-28)19-20-44(26)25-38(39)13-17-41(18-14-38)23-27-11-15-42(16-12-27)29-7-8-30-31(21-29)36(49)45(35(30)48)32-9-10-33(46)40-34(32)47/h2-8,21,26-27,32H,9-20,22-25H2,1H3,(H,40,46,47)/t26-,32?/m0/s1. The number of halogens is 1. The number of amides is 5. The predicted molar refractivity (Wildman–Crippen MR) is 187 cm³/mol. The van der Waals surface area contributed by atoms with E-state index in [1.165, 1.54) is 0 Å². The van der Waals surface area contributed by atoms with Gasteiger partial charge in [-0.15, -0.1) is 0 Å². The van der Waals surface area contributed by atoms with Gasteiger partial charge in [0.05, 0.1) is 11.1 Å². The van der Waals surface area contributed by atoms with E-state index in [0.29, 0.717) is 50.5 Å². The van der Waals surface area contributed by atoms with Gasteiger partial charge in [0.15, 0.2) is 0 Å². The van der Waals surface area contributed by atoms with Gasteiger partial charge in [0.25, 0.3) is 11.8 Å². The molecule has 1 N–H and O–H groups in total. The lowest BCUT2D eigenvalue weighted by atomic mass is 9.89. The third kappa shape index (κ3) is 7.64.